The van der Waals surface area contributed by atoms with E-state index in [2.05, 4.69) is 11.1 Å². The Labute approximate surface area is 128 Å². The van der Waals surface area contributed by atoms with Gasteiger partial charge in [-0.05, 0) is 30.7 Å². The smallest absolute Gasteiger partial charge is 0.115 e. The van der Waals surface area contributed by atoms with Gasteiger partial charge in [-0.3, -0.25) is 4.57 Å². The molecule has 2 aromatic carbocycles. The molecule has 0 aliphatic rings. The molecule has 1 aromatic heterocycles. The molecule has 3 rings (SSSR count). The maximum atomic E-state index is 9.48. The van der Waals surface area contributed by atoms with E-state index in [-0.39, 0.29) is 0 Å². The van der Waals surface area contributed by atoms with Crippen LogP contribution in [0.1, 0.15) is 17.0 Å². The molecule has 0 radical (unpaired) electrons. The van der Waals surface area contributed by atoms with E-state index < -0.39 is 0 Å². The topological polar surface area (TPSA) is 41.6 Å². The summed E-state index contributed by atoms with van der Waals surface area (Å²) in [4.78, 5) is 4.65. The second-order valence-corrected chi connectivity index (χ2v) is 5.25. The summed E-state index contributed by atoms with van der Waals surface area (Å²) in [5.74, 6) is 1.38. The van der Waals surface area contributed by atoms with Crippen LogP contribution < -0.4 is 0 Å². The molecule has 0 saturated carbocycles. The molecule has 0 saturated heterocycles. The van der Waals surface area contributed by atoms with E-state index in [4.69, 9.17) is 11.6 Å². The molecule has 3 nitrogen and oxygen atoms in total. The van der Waals surface area contributed by atoms with Crippen LogP contribution in [0.15, 0.2) is 42.5 Å². The number of fused-ring (bicyclic) bond motifs is 1. The van der Waals surface area contributed by atoms with Crippen LogP contribution in [0.5, 0.6) is 0 Å². The second-order valence-electron chi connectivity index (χ2n) is 4.87. The van der Waals surface area contributed by atoms with Gasteiger partial charge in [-0.1, -0.05) is 24.3 Å². The van der Waals surface area contributed by atoms with E-state index in [0.29, 0.717) is 17.9 Å². The van der Waals surface area contributed by atoms with Crippen LogP contribution in [0, 0.1) is 18.3 Å². The van der Waals surface area contributed by atoms with Crippen molar-refractivity contribution in [2.45, 2.75) is 13.3 Å². The Morgan fingerprint density at radius 2 is 2.00 bits per heavy atom. The third-order valence-electron chi connectivity index (χ3n) is 3.55. The first-order chi connectivity index (χ1) is 10.3. The van der Waals surface area contributed by atoms with Crippen molar-refractivity contribution < 1.29 is 0 Å². The average Bonchev–Trinajstić information content (AvgIpc) is 2.85. The largest absolute Gasteiger partial charge is 0.295 e. The zero-order valence-corrected chi connectivity index (χ0v) is 12.4. The van der Waals surface area contributed by atoms with Gasteiger partial charge in [0, 0.05) is 12.3 Å². The van der Waals surface area contributed by atoms with Crippen molar-refractivity contribution in [3.05, 3.63) is 59.4 Å². The van der Waals surface area contributed by atoms with Gasteiger partial charge in [-0.25, -0.2) is 4.98 Å². The SMILES string of the molecule is Cc1cccc(-n2c(CCCl)nc3ccccc32)c1C#N. The highest BCUT2D eigenvalue weighted by Crippen LogP contribution is 2.25. The fraction of sp³-hybridized carbons (Fsp3) is 0.176. The summed E-state index contributed by atoms with van der Waals surface area (Å²) in [7, 11) is 0. The van der Waals surface area contributed by atoms with E-state index in [9.17, 15) is 5.26 Å². The molecule has 0 aliphatic carbocycles. The average molecular weight is 296 g/mol. The third-order valence-corrected chi connectivity index (χ3v) is 3.74. The van der Waals surface area contributed by atoms with Gasteiger partial charge in [0.15, 0.2) is 0 Å². The molecule has 0 bridgehead atoms. The van der Waals surface area contributed by atoms with Gasteiger partial charge >= 0.3 is 0 Å². The molecule has 0 aliphatic heterocycles. The van der Waals surface area contributed by atoms with Gasteiger partial charge in [0.25, 0.3) is 0 Å². The highest BCUT2D eigenvalue weighted by Gasteiger charge is 2.15. The van der Waals surface area contributed by atoms with Crippen LogP contribution in [0.4, 0.5) is 0 Å². The lowest BCUT2D eigenvalue weighted by atomic mass is 10.1. The van der Waals surface area contributed by atoms with Crippen LogP contribution in [0.2, 0.25) is 0 Å². The van der Waals surface area contributed by atoms with E-state index in [0.717, 1.165) is 28.1 Å². The fourth-order valence-electron chi connectivity index (χ4n) is 2.58. The number of benzene rings is 2. The molecule has 104 valence electrons. The molecule has 0 N–H and O–H groups in total. The minimum absolute atomic E-state index is 0.497. The van der Waals surface area contributed by atoms with Gasteiger partial charge in [-0.2, -0.15) is 5.26 Å². The van der Waals surface area contributed by atoms with Crippen molar-refractivity contribution >= 4 is 22.6 Å². The molecular formula is C17H14ClN3. The normalized spacial score (nSPS) is 10.7. The molecule has 1 heterocycles. The number of halogens is 1. The summed E-state index contributed by atoms with van der Waals surface area (Å²) in [6, 6.07) is 16.1. The minimum atomic E-state index is 0.497. The molecule has 0 spiro atoms. The minimum Gasteiger partial charge on any atom is -0.295 e. The maximum Gasteiger partial charge on any atom is 0.115 e. The number of aryl methyl sites for hydroxylation is 2. The van der Waals surface area contributed by atoms with Crippen molar-refractivity contribution in [1.29, 1.82) is 5.26 Å². The number of para-hydroxylation sites is 2. The second kappa shape index (κ2) is 5.59. The van der Waals surface area contributed by atoms with Crippen molar-refractivity contribution in [2.75, 3.05) is 5.88 Å². The quantitative estimate of drug-likeness (QED) is 0.686. The van der Waals surface area contributed by atoms with Crippen LogP contribution >= 0.6 is 11.6 Å². The van der Waals surface area contributed by atoms with Gasteiger partial charge < -0.3 is 0 Å². The number of hydrogen-bond acceptors (Lipinski definition) is 2. The van der Waals surface area contributed by atoms with Crippen LogP contribution in [-0.2, 0) is 6.42 Å². The first-order valence-corrected chi connectivity index (χ1v) is 7.32. The molecule has 4 heteroatoms. The number of rotatable bonds is 3. The van der Waals surface area contributed by atoms with Crippen LogP contribution in [-0.4, -0.2) is 15.4 Å². The van der Waals surface area contributed by atoms with E-state index >= 15 is 0 Å². The molecule has 21 heavy (non-hydrogen) atoms. The lowest BCUT2D eigenvalue weighted by Gasteiger charge is -2.12. The summed E-state index contributed by atoms with van der Waals surface area (Å²) in [5.41, 5.74) is 4.43. The zero-order valence-electron chi connectivity index (χ0n) is 11.7. The fourth-order valence-corrected chi connectivity index (χ4v) is 2.75. The highest BCUT2D eigenvalue weighted by atomic mass is 35.5. The predicted molar refractivity (Wildman–Crippen MR) is 84.9 cm³/mol. The number of imidazole rings is 1. The monoisotopic (exact) mass is 295 g/mol. The Hall–Kier alpha value is -2.31. The molecule has 0 unspecified atom stereocenters. The first-order valence-electron chi connectivity index (χ1n) is 6.78. The summed E-state index contributed by atoms with van der Waals surface area (Å²) < 4.78 is 2.04. The standard InChI is InChI=1S/C17H14ClN3/c1-12-5-4-8-15(13(12)11-19)21-16-7-3-2-6-14(16)20-17(21)9-10-18/h2-8H,9-10H2,1H3. The molecule has 0 fully saturated rings. The van der Waals surface area contributed by atoms with Gasteiger partial charge in [-0.15, -0.1) is 11.6 Å². The summed E-state index contributed by atoms with van der Waals surface area (Å²) in [6.45, 7) is 1.95. The number of nitriles is 1. The van der Waals surface area contributed by atoms with E-state index in [1.165, 1.54) is 0 Å². The number of aromatic nitrogens is 2. The maximum absolute atomic E-state index is 9.48. The van der Waals surface area contributed by atoms with Gasteiger partial charge in [0.2, 0.25) is 0 Å². The van der Waals surface area contributed by atoms with Crippen molar-refractivity contribution in [2.24, 2.45) is 0 Å². The Bertz CT molecular complexity index is 843. The Kier molecular flexibility index (Phi) is 3.64. The molecule has 0 atom stereocenters. The molecule has 0 amide bonds. The van der Waals surface area contributed by atoms with Crippen molar-refractivity contribution in [3.8, 4) is 11.8 Å². The zero-order chi connectivity index (χ0) is 14.8. The van der Waals surface area contributed by atoms with E-state index in [1.54, 1.807) is 0 Å². The Morgan fingerprint density at radius 3 is 2.76 bits per heavy atom. The summed E-state index contributed by atoms with van der Waals surface area (Å²) in [5, 5.41) is 9.48. The Balaban J connectivity index is 2.36. The lowest BCUT2D eigenvalue weighted by molar-refractivity contribution is 0.909. The summed E-state index contributed by atoms with van der Waals surface area (Å²) >= 11 is 5.91. The third kappa shape index (κ3) is 2.28. The van der Waals surface area contributed by atoms with Crippen LogP contribution in [0.3, 0.4) is 0 Å². The molecule has 3 aromatic rings. The number of alkyl halides is 1. The lowest BCUT2D eigenvalue weighted by Crippen LogP contribution is -2.05. The number of hydrogen-bond donors (Lipinski definition) is 0. The summed E-state index contributed by atoms with van der Waals surface area (Å²) in [6.07, 6.45) is 0.662. The predicted octanol–water partition coefficient (Wildman–Crippen LogP) is 3.99. The number of nitrogens with zero attached hydrogens (tertiary/aromatic N) is 3. The van der Waals surface area contributed by atoms with E-state index in [1.807, 2.05) is 54.0 Å². The van der Waals surface area contributed by atoms with Crippen LogP contribution in [0.25, 0.3) is 16.7 Å². The first kappa shape index (κ1) is 13.7. The van der Waals surface area contributed by atoms with Gasteiger partial charge in [0.05, 0.1) is 22.3 Å². The van der Waals surface area contributed by atoms with Gasteiger partial charge in [0.1, 0.15) is 11.9 Å². The highest BCUT2D eigenvalue weighted by molar-refractivity contribution is 6.17. The molecular weight excluding hydrogens is 282 g/mol. The van der Waals surface area contributed by atoms with Crippen molar-refractivity contribution in [3.63, 3.8) is 0 Å². The Morgan fingerprint density at radius 1 is 1.19 bits per heavy atom. The van der Waals surface area contributed by atoms with Crippen molar-refractivity contribution in [1.82, 2.24) is 9.55 Å².